The molecule has 19 heteroatoms. The van der Waals surface area contributed by atoms with Crippen molar-refractivity contribution in [2.24, 2.45) is 5.92 Å². The van der Waals surface area contributed by atoms with E-state index in [2.05, 4.69) is 61.2 Å². The Balaban J connectivity index is 0.907. The molecule has 0 spiro atoms. The molecule has 0 radical (unpaired) electrons. The summed E-state index contributed by atoms with van der Waals surface area (Å²) in [4.78, 5) is 22.4. The first-order valence-electron chi connectivity index (χ1n) is 25.4. The van der Waals surface area contributed by atoms with Crippen LogP contribution < -0.4 is 52.3 Å². The van der Waals surface area contributed by atoms with Crippen LogP contribution in [0.2, 0.25) is 0 Å². The quantitative estimate of drug-likeness (QED) is 0.0859. The molecule has 1 atom stereocenters. The summed E-state index contributed by atoms with van der Waals surface area (Å²) in [5.41, 5.74) is 5.96. The fraction of sp³-hybridized carbons (Fsp3) is 0.357. The summed E-state index contributed by atoms with van der Waals surface area (Å²) in [6, 6.07) is 17.6. The van der Waals surface area contributed by atoms with Crippen molar-refractivity contribution in [2.75, 3.05) is 77.5 Å². The topological polar surface area (TPSA) is 157 Å². The van der Waals surface area contributed by atoms with Gasteiger partial charge in [-0.3, -0.25) is 0 Å². The minimum absolute atomic E-state index is 0.274. The average Bonchev–Trinajstić information content (AvgIpc) is 4.33. The summed E-state index contributed by atoms with van der Waals surface area (Å²) in [7, 11) is 0. The first-order chi connectivity index (χ1) is 36.9. The number of para-hydroxylation sites is 1. The first-order valence-corrected chi connectivity index (χ1v) is 29.5. The Bertz CT molecular complexity index is 3460. The summed E-state index contributed by atoms with van der Waals surface area (Å²) < 4.78 is 64.4. The van der Waals surface area contributed by atoms with Crippen LogP contribution in [-0.4, -0.2) is 83.7 Å². The number of thiophene rings is 5. The van der Waals surface area contributed by atoms with Gasteiger partial charge in [-0.2, -0.15) is 5.26 Å². The normalized spacial score (nSPS) is 16.4. The van der Waals surface area contributed by atoms with E-state index < -0.39 is 11.5 Å². The number of aryl methyl sites for hydroxylation is 2. The lowest BCUT2D eigenvalue weighted by atomic mass is 9.97. The standard InChI is InChI=1S/C56H50N2O12S5/c1-3-5-8-29(4-2)28-58-34-10-7-6-9-30(34)11-12-31-25-32(13-14-35(31)58)47-39-40(64-18-17-63-39)50(72-47)51-43-44(68-22-21-67-43)54(74-51)55-46-45(69-23-24-70-46)53(75-55)52-42-41(65-19-20-66-42)49(73-52)48-38-37(61-15-16-62-38)36(71-48)26-33(27-57)56(59)60/h6-7,9-10,13-14,25-26,29H,3-5,8,11-12,15-24,28H2,1-2H3,(H,59,60)/b33-26+. The van der Waals surface area contributed by atoms with Gasteiger partial charge in [-0.15, -0.1) is 56.7 Å². The van der Waals surface area contributed by atoms with Gasteiger partial charge in [-0.25, -0.2) is 4.79 Å². The fourth-order valence-electron chi connectivity index (χ4n) is 10.5. The van der Waals surface area contributed by atoms with Crippen LogP contribution in [-0.2, 0) is 17.6 Å². The number of carboxylic acids is 1. The first kappa shape index (κ1) is 48.1. The van der Waals surface area contributed by atoms with Crippen LogP contribution in [0.4, 0.5) is 11.4 Å². The molecule has 0 aliphatic carbocycles. The molecule has 13 rings (SSSR count). The summed E-state index contributed by atoms with van der Waals surface area (Å²) in [5.74, 6) is 5.12. The van der Waals surface area contributed by atoms with Gasteiger partial charge in [-0.1, -0.05) is 57.4 Å². The van der Waals surface area contributed by atoms with E-state index in [9.17, 15) is 15.2 Å². The third kappa shape index (κ3) is 8.40. The van der Waals surface area contributed by atoms with Crippen molar-refractivity contribution >= 4 is 80.1 Å². The number of carboxylic acid groups (broad SMARTS) is 1. The average molecular weight is 1100 g/mol. The van der Waals surface area contributed by atoms with E-state index in [0.717, 1.165) is 76.1 Å². The van der Waals surface area contributed by atoms with E-state index in [-0.39, 0.29) is 6.61 Å². The Hall–Kier alpha value is -6.56. The monoisotopic (exact) mass is 1100 g/mol. The molecule has 0 amide bonds. The van der Waals surface area contributed by atoms with Gasteiger partial charge in [-0.05, 0) is 66.1 Å². The zero-order valence-corrected chi connectivity index (χ0v) is 45.2. The maximum atomic E-state index is 11.9. The second-order valence-electron chi connectivity index (χ2n) is 18.6. The molecule has 6 aliphatic heterocycles. The number of ether oxygens (including phenoxy) is 10. The molecule has 5 aromatic heterocycles. The number of fused-ring (bicyclic) bond motifs is 7. The van der Waals surface area contributed by atoms with E-state index in [4.69, 9.17) is 47.4 Å². The van der Waals surface area contributed by atoms with Gasteiger partial charge in [0.25, 0.3) is 0 Å². The molecule has 0 fully saturated rings. The molecule has 2 aromatic carbocycles. The molecular weight excluding hydrogens is 1050 g/mol. The van der Waals surface area contributed by atoms with Crippen LogP contribution in [0.3, 0.4) is 0 Å². The van der Waals surface area contributed by atoms with Crippen molar-refractivity contribution in [1.82, 2.24) is 0 Å². The maximum absolute atomic E-state index is 11.9. The third-order valence-corrected chi connectivity index (χ3v) is 20.4. The van der Waals surface area contributed by atoms with Gasteiger partial charge < -0.3 is 57.4 Å². The lowest BCUT2D eigenvalue weighted by Gasteiger charge is -2.31. The minimum Gasteiger partial charge on any atom is -0.485 e. The molecule has 14 nitrogen and oxygen atoms in total. The van der Waals surface area contributed by atoms with Crippen LogP contribution in [0.1, 0.15) is 55.5 Å². The van der Waals surface area contributed by atoms with Crippen LogP contribution >= 0.6 is 56.7 Å². The van der Waals surface area contributed by atoms with Crippen molar-refractivity contribution in [1.29, 1.82) is 5.26 Å². The molecular formula is C56H50N2O12S5. The van der Waals surface area contributed by atoms with Crippen molar-refractivity contribution in [3.63, 3.8) is 0 Å². The van der Waals surface area contributed by atoms with Crippen molar-refractivity contribution in [3.05, 3.63) is 64.0 Å². The highest BCUT2D eigenvalue weighted by Gasteiger charge is 2.40. The van der Waals surface area contributed by atoms with Crippen molar-refractivity contribution < 1.29 is 57.3 Å². The van der Waals surface area contributed by atoms with Crippen LogP contribution in [0.5, 0.6) is 57.5 Å². The molecule has 75 heavy (non-hydrogen) atoms. The highest BCUT2D eigenvalue weighted by molar-refractivity contribution is 7.31. The predicted molar refractivity (Wildman–Crippen MR) is 293 cm³/mol. The minimum atomic E-state index is -1.33. The Labute approximate surface area is 452 Å². The zero-order valence-electron chi connectivity index (χ0n) is 41.1. The van der Waals surface area contributed by atoms with Gasteiger partial charge in [0, 0.05) is 17.9 Å². The highest BCUT2D eigenvalue weighted by atomic mass is 32.1. The molecule has 0 bridgehead atoms. The molecule has 6 aliphatic rings. The highest BCUT2D eigenvalue weighted by Crippen LogP contribution is 2.68. The Morgan fingerprint density at radius 1 is 0.573 bits per heavy atom. The summed E-state index contributed by atoms with van der Waals surface area (Å²) >= 11 is 7.48. The van der Waals surface area contributed by atoms with E-state index in [1.165, 1.54) is 81.9 Å². The van der Waals surface area contributed by atoms with Crippen molar-refractivity contribution in [3.8, 4) is 113 Å². The lowest BCUT2D eigenvalue weighted by Crippen LogP contribution is -2.26. The zero-order chi connectivity index (χ0) is 50.7. The Morgan fingerprint density at radius 2 is 0.987 bits per heavy atom. The van der Waals surface area contributed by atoms with Gasteiger partial charge in [0.2, 0.25) is 0 Å². The third-order valence-electron chi connectivity index (χ3n) is 14.0. The SMILES string of the molecule is CCCCC(CC)CN1c2ccccc2CCc2cc(-c3sc(-c4sc(-c5sc(-c6sc(-c7sc(/C=C(\C#N)C(=O)O)c8c7OCCO8)c7c6OCCO7)c6c5OCCO6)c5c4OCCO5)c4c3OCCO4)ccc21. The molecule has 0 saturated heterocycles. The maximum Gasteiger partial charge on any atom is 0.346 e. The van der Waals surface area contributed by atoms with Gasteiger partial charge in [0.05, 0.1) is 48.8 Å². The molecule has 11 heterocycles. The van der Waals surface area contributed by atoms with Crippen molar-refractivity contribution in [2.45, 2.75) is 52.4 Å². The number of benzene rings is 2. The largest absolute Gasteiger partial charge is 0.485 e. The number of nitriles is 1. The summed E-state index contributed by atoms with van der Waals surface area (Å²) in [6.45, 7) is 9.13. The van der Waals surface area contributed by atoms with Crippen LogP contribution in [0.15, 0.2) is 48.0 Å². The number of hydrogen-bond donors (Lipinski definition) is 1. The van der Waals surface area contributed by atoms with E-state index in [1.807, 2.05) is 0 Å². The van der Waals surface area contributed by atoms with Gasteiger partial charge in [0.15, 0.2) is 57.5 Å². The second kappa shape index (κ2) is 20.2. The van der Waals surface area contributed by atoms with E-state index in [0.29, 0.717) is 127 Å². The molecule has 7 aromatic rings. The number of carbonyl (C=O) groups is 1. The van der Waals surface area contributed by atoms with Gasteiger partial charge >= 0.3 is 5.97 Å². The van der Waals surface area contributed by atoms with E-state index >= 15 is 0 Å². The molecule has 1 unspecified atom stereocenters. The number of anilines is 2. The second-order valence-corrected chi connectivity index (χ2v) is 23.7. The van der Waals surface area contributed by atoms with Crippen LogP contribution in [0, 0.1) is 17.2 Å². The smallest absolute Gasteiger partial charge is 0.346 e. The predicted octanol–water partition coefficient (Wildman–Crippen LogP) is 13.6. The van der Waals surface area contributed by atoms with Crippen LogP contribution in [0.25, 0.3) is 55.5 Å². The Morgan fingerprint density at radius 3 is 1.45 bits per heavy atom. The number of hydrogen-bond acceptors (Lipinski definition) is 18. The number of unbranched alkanes of at least 4 members (excludes halogenated alkanes) is 1. The van der Waals surface area contributed by atoms with E-state index in [1.54, 1.807) is 28.7 Å². The molecule has 1 N–H and O–H groups in total. The van der Waals surface area contributed by atoms with Gasteiger partial charge in [0.1, 0.15) is 77.7 Å². The molecule has 386 valence electrons. The summed E-state index contributed by atoms with van der Waals surface area (Å²) in [5, 5.41) is 19.4. The Kier molecular flexibility index (Phi) is 12.9. The fourth-order valence-corrected chi connectivity index (χ4v) is 16.9. The molecule has 0 saturated carbocycles. The number of aliphatic carboxylic acids is 1. The summed E-state index contributed by atoms with van der Waals surface area (Å²) in [6.07, 6.45) is 8.01. The lowest BCUT2D eigenvalue weighted by molar-refractivity contribution is -0.132. The number of nitrogens with zero attached hydrogens (tertiary/aromatic N) is 2. The number of rotatable bonds is 13.